The van der Waals surface area contributed by atoms with Crippen molar-refractivity contribution in [2.24, 2.45) is 0 Å². The lowest BCUT2D eigenvalue weighted by Gasteiger charge is -2.21. The molecule has 36 heavy (non-hydrogen) atoms. The molecule has 0 saturated heterocycles. The number of para-hydroxylation sites is 3. The van der Waals surface area contributed by atoms with Crippen molar-refractivity contribution in [2.75, 3.05) is 0 Å². The van der Waals surface area contributed by atoms with Gasteiger partial charge in [-0.15, -0.1) is 0 Å². The van der Waals surface area contributed by atoms with E-state index in [2.05, 4.69) is 10.3 Å². The molecule has 1 N–H and O–H groups in total. The number of hydrogen-bond acceptors (Lipinski definition) is 4. The minimum absolute atomic E-state index is 0.191. The van der Waals surface area contributed by atoms with Crippen LogP contribution in [0.3, 0.4) is 0 Å². The highest BCUT2D eigenvalue weighted by molar-refractivity contribution is 5.82. The van der Waals surface area contributed by atoms with Gasteiger partial charge in [-0.1, -0.05) is 36.4 Å². The summed E-state index contributed by atoms with van der Waals surface area (Å²) in [5, 5.41) is 3.36. The first-order valence-electron chi connectivity index (χ1n) is 11.6. The fourth-order valence-corrected chi connectivity index (χ4v) is 4.47. The van der Waals surface area contributed by atoms with Gasteiger partial charge in [0.25, 0.3) is 5.56 Å². The van der Waals surface area contributed by atoms with E-state index in [0.29, 0.717) is 23.0 Å². The molecular weight excluding hydrogens is 461 g/mol. The van der Waals surface area contributed by atoms with Gasteiger partial charge < -0.3 is 9.88 Å². The zero-order valence-corrected chi connectivity index (χ0v) is 19.6. The van der Waals surface area contributed by atoms with E-state index in [0.717, 1.165) is 15.6 Å². The first kappa shape index (κ1) is 23.2. The van der Waals surface area contributed by atoms with E-state index in [1.165, 1.54) is 16.7 Å². The van der Waals surface area contributed by atoms with Crippen molar-refractivity contribution in [1.29, 1.82) is 0 Å². The minimum atomic E-state index is -0.546. The molecule has 0 spiro atoms. The third kappa shape index (κ3) is 4.31. The molecule has 0 aliphatic rings. The molecule has 5 rings (SSSR count). The maximum atomic E-state index is 13.6. The fraction of sp³-hybridized carbons (Fsp3) is 0.185. The zero-order chi connectivity index (χ0) is 25.2. The third-order valence-electron chi connectivity index (χ3n) is 6.26. The smallest absolute Gasteiger partial charge is 0.331 e. The molecule has 1 unspecified atom stereocenters. The van der Waals surface area contributed by atoms with E-state index in [-0.39, 0.29) is 24.5 Å². The summed E-state index contributed by atoms with van der Waals surface area (Å²) >= 11 is 0. The first-order valence-corrected chi connectivity index (χ1v) is 11.6. The van der Waals surface area contributed by atoms with Crippen LogP contribution in [0.25, 0.3) is 21.9 Å². The lowest BCUT2D eigenvalue weighted by atomic mass is 10.1. The Labute approximate surface area is 205 Å². The number of carbonyl (C=O) groups is 1. The molecule has 2 aromatic heterocycles. The van der Waals surface area contributed by atoms with E-state index in [4.69, 9.17) is 0 Å². The van der Waals surface area contributed by atoms with E-state index < -0.39 is 17.6 Å². The van der Waals surface area contributed by atoms with Gasteiger partial charge in [0.05, 0.1) is 34.3 Å². The Hall–Kier alpha value is -4.53. The zero-order valence-electron chi connectivity index (χ0n) is 19.6. The predicted molar refractivity (Wildman–Crippen MR) is 135 cm³/mol. The predicted octanol–water partition coefficient (Wildman–Crippen LogP) is 3.23. The normalized spacial score (nSPS) is 12.2. The number of aromatic nitrogens is 4. The molecule has 3 aromatic carbocycles. The second kappa shape index (κ2) is 9.61. The summed E-state index contributed by atoms with van der Waals surface area (Å²) in [6, 6.07) is 19.8. The van der Waals surface area contributed by atoms with Gasteiger partial charge in [-0.2, -0.15) is 0 Å². The first-order chi connectivity index (χ1) is 17.5. The van der Waals surface area contributed by atoms with Crippen LogP contribution in [0, 0.1) is 5.82 Å². The Morgan fingerprint density at radius 3 is 2.39 bits per heavy atom. The van der Waals surface area contributed by atoms with Crippen LogP contribution in [0.1, 0.15) is 18.5 Å². The Morgan fingerprint density at radius 1 is 0.944 bits per heavy atom. The van der Waals surface area contributed by atoms with Gasteiger partial charge in [0, 0.05) is 13.1 Å². The summed E-state index contributed by atoms with van der Waals surface area (Å²) in [5.41, 5.74) is 1.89. The van der Waals surface area contributed by atoms with Crippen LogP contribution in [-0.4, -0.2) is 24.6 Å². The second-order valence-electron chi connectivity index (χ2n) is 8.49. The van der Waals surface area contributed by atoms with Crippen LogP contribution in [0.2, 0.25) is 0 Å². The maximum absolute atomic E-state index is 13.6. The van der Waals surface area contributed by atoms with Crippen molar-refractivity contribution in [2.45, 2.75) is 32.6 Å². The number of nitrogens with zero attached hydrogens (tertiary/aromatic N) is 4. The summed E-state index contributed by atoms with van der Waals surface area (Å²) in [6.07, 6.45) is 1.70. The number of halogens is 1. The molecule has 5 aromatic rings. The topological polar surface area (TPSA) is 90.9 Å². The molecule has 0 fully saturated rings. The van der Waals surface area contributed by atoms with Crippen LogP contribution in [-0.2, 0) is 24.4 Å². The van der Waals surface area contributed by atoms with Gasteiger partial charge in [-0.3, -0.25) is 18.7 Å². The average molecular weight is 486 g/mol. The molecule has 182 valence electrons. The van der Waals surface area contributed by atoms with Crippen LogP contribution in [0.15, 0.2) is 88.7 Å². The quantitative estimate of drug-likeness (QED) is 0.383. The summed E-state index contributed by atoms with van der Waals surface area (Å²) in [5.74, 6) is -0.793. The van der Waals surface area contributed by atoms with Gasteiger partial charge in [-0.25, -0.2) is 14.2 Å². The van der Waals surface area contributed by atoms with E-state index in [9.17, 15) is 18.8 Å². The fourth-order valence-electron chi connectivity index (χ4n) is 4.47. The molecule has 0 saturated carbocycles. The Bertz CT molecular complexity index is 1680. The standard InChI is InChI=1S/C27H24FN5O3/c1-2-32-26(35)20-7-3-5-9-23(20)33(27(32)36)16-25(34)30-22(18-11-13-19(28)14-12-18)15-31-17-29-21-8-4-6-10-24(21)31/h3-14,17,22H,2,15-16H2,1H3,(H,30,34). The number of amides is 1. The molecule has 8 nitrogen and oxygen atoms in total. The van der Waals surface area contributed by atoms with E-state index in [1.54, 1.807) is 49.6 Å². The summed E-state index contributed by atoms with van der Waals surface area (Å²) in [6.45, 7) is 1.97. The Balaban J connectivity index is 1.49. The highest BCUT2D eigenvalue weighted by atomic mass is 19.1. The molecule has 2 heterocycles. The number of nitrogens with one attached hydrogen (secondary N) is 1. The van der Waals surface area contributed by atoms with E-state index >= 15 is 0 Å². The third-order valence-corrected chi connectivity index (χ3v) is 6.26. The van der Waals surface area contributed by atoms with Crippen LogP contribution in [0.4, 0.5) is 4.39 Å². The van der Waals surface area contributed by atoms with Gasteiger partial charge in [-0.05, 0) is 48.9 Å². The summed E-state index contributed by atoms with van der Waals surface area (Å²) in [4.78, 5) is 43.5. The largest absolute Gasteiger partial charge is 0.346 e. The van der Waals surface area contributed by atoms with Gasteiger partial charge in [0.15, 0.2) is 0 Å². The number of imidazole rings is 1. The number of benzene rings is 3. The number of rotatable bonds is 7. The molecule has 0 bridgehead atoms. The van der Waals surface area contributed by atoms with Crippen molar-refractivity contribution < 1.29 is 9.18 Å². The van der Waals surface area contributed by atoms with Crippen molar-refractivity contribution in [3.63, 3.8) is 0 Å². The summed E-state index contributed by atoms with van der Waals surface area (Å²) < 4.78 is 18.0. The number of hydrogen-bond donors (Lipinski definition) is 1. The van der Waals surface area contributed by atoms with Crippen LogP contribution in [0.5, 0.6) is 0 Å². The van der Waals surface area contributed by atoms with Crippen molar-refractivity contribution >= 4 is 27.8 Å². The van der Waals surface area contributed by atoms with Crippen molar-refractivity contribution in [3.8, 4) is 0 Å². The van der Waals surface area contributed by atoms with Gasteiger partial charge in [0.1, 0.15) is 12.4 Å². The molecule has 0 radical (unpaired) electrons. The Kier molecular flexibility index (Phi) is 6.20. The highest BCUT2D eigenvalue weighted by Gasteiger charge is 2.19. The lowest BCUT2D eigenvalue weighted by molar-refractivity contribution is -0.122. The molecule has 9 heteroatoms. The second-order valence-corrected chi connectivity index (χ2v) is 8.49. The molecule has 0 aliphatic heterocycles. The monoisotopic (exact) mass is 485 g/mol. The van der Waals surface area contributed by atoms with Gasteiger partial charge in [0.2, 0.25) is 5.91 Å². The lowest BCUT2D eigenvalue weighted by Crippen LogP contribution is -2.43. The molecular formula is C27H24FN5O3. The van der Waals surface area contributed by atoms with Gasteiger partial charge >= 0.3 is 5.69 Å². The van der Waals surface area contributed by atoms with E-state index in [1.807, 2.05) is 28.8 Å². The molecule has 1 atom stereocenters. The number of fused-ring (bicyclic) bond motifs is 2. The molecule has 1 amide bonds. The average Bonchev–Trinajstić information content (AvgIpc) is 3.30. The highest BCUT2D eigenvalue weighted by Crippen LogP contribution is 2.20. The number of carbonyl (C=O) groups excluding carboxylic acids is 1. The maximum Gasteiger partial charge on any atom is 0.331 e. The molecule has 0 aliphatic carbocycles. The Morgan fingerprint density at radius 2 is 1.64 bits per heavy atom. The van der Waals surface area contributed by atoms with Crippen molar-refractivity contribution in [3.05, 3.63) is 111 Å². The van der Waals surface area contributed by atoms with Crippen LogP contribution >= 0.6 is 0 Å². The van der Waals surface area contributed by atoms with Crippen LogP contribution < -0.4 is 16.6 Å². The van der Waals surface area contributed by atoms with Crippen molar-refractivity contribution in [1.82, 2.24) is 24.0 Å². The SMILES string of the molecule is CCn1c(=O)c2ccccc2n(CC(=O)NC(Cn2cnc3ccccc32)c2ccc(F)cc2)c1=O. The minimum Gasteiger partial charge on any atom is -0.346 e. The summed E-state index contributed by atoms with van der Waals surface area (Å²) in [7, 11) is 0.